The second-order valence-corrected chi connectivity index (χ2v) is 9.32. The summed E-state index contributed by atoms with van der Waals surface area (Å²) in [5.41, 5.74) is 8.72. The molecule has 2 aromatic carbocycles. The van der Waals surface area contributed by atoms with E-state index in [1.807, 2.05) is 0 Å². The molecule has 2 aromatic rings. The van der Waals surface area contributed by atoms with Gasteiger partial charge < -0.3 is 20.1 Å². The third-order valence-electron chi connectivity index (χ3n) is 4.61. The van der Waals surface area contributed by atoms with Gasteiger partial charge in [-0.05, 0) is 60.6 Å². The number of anilines is 1. The van der Waals surface area contributed by atoms with Crippen LogP contribution in [-0.2, 0) is 42.8 Å². The lowest BCUT2D eigenvalue weighted by Crippen LogP contribution is -2.28. The zero-order valence-electron chi connectivity index (χ0n) is 16.4. The first-order chi connectivity index (χ1) is 13.7. The Bertz CT molecular complexity index is 1020. The summed E-state index contributed by atoms with van der Waals surface area (Å²) in [4.78, 5) is 12.0. The number of fused-ring (bicyclic) bond motifs is 1. The van der Waals surface area contributed by atoms with Gasteiger partial charge in [0.1, 0.15) is 0 Å². The molecule has 1 aliphatic rings. The molecule has 0 spiro atoms. The van der Waals surface area contributed by atoms with Crippen LogP contribution in [0.4, 0.5) is 5.69 Å². The van der Waals surface area contributed by atoms with E-state index in [9.17, 15) is 18.2 Å². The molecule has 0 radical (unpaired) electrons. The number of carbonyl (C=O) groups excluding carboxylic acids is 1. The molecule has 9 heteroatoms. The summed E-state index contributed by atoms with van der Waals surface area (Å²) in [7, 11) is -4.73. The molecule has 7 nitrogen and oxygen atoms in total. The van der Waals surface area contributed by atoms with Crippen molar-refractivity contribution in [3.05, 3.63) is 53.1 Å². The number of hydrogen-bond acceptors (Lipinski definition) is 7. The molecule has 0 unspecified atom stereocenters. The molecule has 0 saturated heterocycles. The zero-order valence-corrected chi connectivity index (χ0v) is 17.2. The van der Waals surface area contributed by atoms with Crippen LogP contribution in [0.3, 0.4) is 0 Å². The highest BCUT2D eigenvalue weighted by molar-refractivity contribution is 7.90. The van der Waals surface area contributed by atoms with Gasteiger partial charge in [-0.2, -0.15) is 0 Å². The Balaban J connectivity index is 1.83. The Morgan fingerprint density at radius 2 is 2.03 bits per heavy atom. The number of esters is 1. The smallest absolute Gasteiger partial charge is 0.463 e. The van der Waals surface area contributed by atoms with Gasteiger partial charge in [-0.1, -0.05) is 18.2 Å². The van der Waals surface area contributed by atoms with E-state index in [0.29, 0.717) is 28.9 Å². The van der Waals surface area contributed by atoms with Crippen LogP contribution >= 0.6 is 0 Å². The Morgan fingerprint density at radius 3 is 2.76 bits per heavy atom. The predicted molar refractivity (Wildman–Crippen MR) is 110 cm³/mol. The van der Waals surface area contributed by atoms with Gasteiger partial charge in [0.15, 0.2) is 9.84 Å². The molecule has 0 aromatic heterocycles. The van der Waals surface area contributed by atoms with Crippen molar-refractivity contribution in [1.82, 2.24) is 0 Å². The molecule has 1 heterocycles. The van der Waals surface area contributed by atoms with E-state index in [1.54, 1.807) is 38.1 Å². The van der Waals surface area contributed by atoms with Crippen LogP contribution in [0, 0.1) is 0 Å². The number of rotatable bonds is 7. The highest BCUT2D eigenvalue weighted by atomic mass is 32.2. The van der Waals surface area contributed by atoms with E-state index < -0.39 is 22.9 Å². The minimum Gasteiger partial charge on any atom is -0.463 e. The van der Waals surface area contributed by atoms with E-state index in [-0.39, 0.29) is 29.6 Å². The van der Waals surface area contributed by atoms with Crippen LogP contribution in [-0.4, -0.2) is 32.6 Å². The molecule has 3 N–H and O–H groups in total. The van der Waals surface area contributed by atoms with Crippen LogP contribution < -0.4 is 11.2 Å². The Kier molecular flexibility index (Phi) is 6.31. The summed E-state index contributed by atoms with van der Waals surface area (Å²) in [6.45, 7) is 3.82. The Labute approximate surface area is 170 Å². The van der Waals surface area contributed by atoms with E-state index in [2.05, 4.69) is 0 Å². The minimum absolute atomic E-state index is 0.0620. The van der Waals surface area contributed by atoms with Crippen LogP contribution in [0.1, 0.15) is 37.0 Å². The molecule has 29 heavy (non-hydrogen) atoms. The molecule has 0 fully saturated rings. The maximum Gasteiger partial charge on any atom is 0.491 e. The van der Waals surface area contributed by atoms with Gasteiger partial charge in [0.2, 0.25) is 0 Å². The zero-order chi connectivity index (χ0) is 21.2. The monoisotopic (exact) mass is 417 g/mol. The lowest BCUT2D eigenvalue weighted by atomic mass is 9.79. The van der Waals surface area contributed by atoms with Gasteiger partial charge in [0.05, 0.1) is 23.4 Å². The Hall–Kier alpha value is -2.36. The number of nitrogens with two attached hydrogens (primary N) is 1. The van der Waals surface area contributed by atoms with Crippen molar-refractivity contribution >= 4 is 34.1 Å². The van der Waals surface area contributed by atoms with Gasteiger partial charge in [-0.25, -0.2) is 8.42 Å². The van der Waals surface area contributed by atoms with E-state index in [0.717, 1.165) is 5.56 Å². The molecule has 0 bridgehead atoms. The van der Waals surface area contributed by atoms with Gasteiger partial charge in [0, 0.05) is 12.1 Å². The molecule has 0 amide bonds. The van der Waals surface area contributed by atoms with Gasteiger partial charge in [-0.3, -0.25) is 4.79 Å². The quantitative estimate of drug-likeness (QED) is 0.397. The average molecular weight is 417 g/mol. The first-order valence-electron chi connectivity index (χ1n) is 9.37. The first kappa shape index (κ1) is 21.4. The Morgan fingerprint density at radius 1 is 1.28 bits per heavy atom. The maximum absolute atomic E-state index is 13.1. The van der Waals surface area contributed by atoms with Crippen LogP contribution in [0.25, 0.3) is 0 Å². The topological polar surface area (TPSA) is 116 Å². The number of ether oxygens (including phenoxy) is 1. The third kappa shape index (κ3) is 5.17. The molecule has 154 valence electrons. The van der Waals surface area contributed by atoms with Crippen LogP contribution in [0.15, 0.2) is 41.3 Å². The largest absolute Gasteiger partial charge is 0.491 e. The maximum atomic E-state index is 13.1. The number of aryl methyl sites for hydroxylation is 1. The molecule has 3 rings (SSSR count). The van der Waals surface area contributed by atoms with Crippen LogP contribution in [0.5, 0.6) is 0 Å². The van der Waals surface area contributed by atoms with E-state index >= 15 is 0 Å². The third-order valence-corrected chi connectivity index (χ3v) is 6.40. The highest BCUT2D eigenvalue weighted by Crippen LogP contribution is 2.25. The fourth-order valence-electron chi connectivity index (χ4n) is 3.31. The van der Waals surface area contributed by atoms with Gasteiger partial charge in [0.25, 0.3) is 0 Å². The summed E-state index contributed by atoms with van der Waals surface area (Å²) in [5, 5.41) is 9.85. The van der Waals surface area contributed by atoms with Gasteiger partial charge >= 0.3 is 13.1 Å². The molecule has 0 aliphatic carbocycles. The second kappa shape index (κ2) is 8.56. The van der Waals surface area contributed by atoms with E-state index in [4.69, 9.17) is 15.1 Å². The van der Waals surface area contributed by atoms with Crippen molar-refractivity contribution in [2.24, 2.45) is 0 Å². The summed E-state index contributed by atoms with van der Waals surface area (Å²) < 4.78 is 36.5. The molecule has 0 saturated carbocycles. The molecular weight excluding hydrogens is 393 g/mol. The number of benzene rings is 2. The summed E-state index contributed by atoms with van der Waals surface area (Å²) in [6, 6.07) is 9.72. The number of hydrogen-bond donors (Lipinski definition) is 2. The number of sulfone groups is 1. The molecular formula is C20H24BNO6S. The highest BCUT2D eigenvalue weighted by Gasteiger charge is 2.28. The van der Waals surface area contributed by atoms with Crippen molar-refractivity contribution < 1.29 is 27.6 Å². The minimum atomic E-state index is -3.70. The fourth-order valence-corrected chi connectivity index (χ4v) is 4.92. The fraction of sp³-hybridized carbons (Fsp3) is 0.350. The summed E-state index contributed by atoms with van der Waals surface area (Å²) in [6.07, 6.45) is 0.0414. The van der Waals surface area contributed by atoms with Gasteiger partial charge in [-0.15, -0.1) is 0 Å². The summed E-state index contributed by atoms with van der Waals surface area (Å²) in [5.74, 6) is -0.626. The van der Waals surface area contributed by atoms with Crippen molar-refractivity contribution in [1.29, 1.82) is 0 Å². The van der Waals surface area contributed by atoms with E-state index in [1.165, 1.54) is 12.1 Å². The van der Waals surface area contributed by atoms with Crippen molar-refractivity contribution in [3.8, 4) is 0 Å². The molecule has 0 atom stereocenters. The van der Waals surface area contributed by atoms with Crippen molar-refractivity contribution in [2.75, 3.05) is 5.73 Å². The standard InChI is InChI=1S/C20H24BNO6S/c1-13(2)28-20(23)8-5-15-10-17(22)6-7-19(15)29(25,26)12-14-3-4-16-11-27-21(24)18(16)9-14/h3-4,6-7,9-10,13,24H,5,8,11-12,22H2,1-2H3. The average Bonchev–Trinajstić information content (AvgIpc) is 2.99. The number of carbonyl (C=O) groups is 1. The lowest BCUT2D eigenvalue weighted by molar-refractivity contribution is -0.147. The first-order valence-corrected chi connectivity index (χ1v) is 11.0. The second-order valence-electron chi connectivity index (χ2n) is 7.36. The predicted octanol–water partition coefficient (Wildman–Crippen LogP) is 1.34. The summed E-state index contributed by atoms with van der Waals surface area (Å²) >= 11 is 0. The number of nitrogen functional groups attached to an aromatic ring is 1. The van der Waals surface area contributed by atoms with Crippen molar-refractivity contribution in [2.45, 2.75) is 50.0 Å². The normalized spacial score (nSPS) is 13.6. The van der Waals surface area contributed by atoms with Crippen LogP contribution in [0.2, 0.25) is 0 Å². The lowest BCUT2D eigenvalue weighted by Gasteiger charge is -2.13. The molecule has 1 aliphatic heterocycles. The SMILES string of the molecule is CC(C)OC(=O)CCc1cc(N)ccc1S(=O)(=O)Cc1ccc2c(c1)B(O)OC2. The van der Waals surface area contributed by atoms with Crippen molar-refractivity contribution in [3.63, 3.8) is 0 Å².